The van der Waals surface area contributed by atoms with E-state index in [0.29, 0.717) is 15.6 Å². The number of hydrogen-bond acceptors (Lipinski definition) is 4. The number of nitrogens with one attached hydrogen (secondary N) is 1. The van der Waals surface area contributed by atoms with Crippen molar-refractivity contribution in [3.63, 3.8) is 0 Å². The molecule has 0 radical (unpaired) electrons. The third-order valence-electron chi connectivity index (χ3n) is 3.73. The van der Waals surface area contributed by atoms with Crippen LogP contribution in [0.25, 0.3) is 33.1 Å². The highest BCUT2D eigenvalue weighted by atomic mass is 35.5. The van der Waals surface area contributed by atoms with Crippen molar-refractivity contribution < 1.29 is 0 Å². The average molecular weight is 363 g/mol. The third-order valence-corrected chi connectivity index (χ3v) is 5.05. The maximum atomic E-state index is 9.60. The number of nitrogens with zero attached hydrogens (tertiary/aromatic N) is 3. The molecule has 0 unspecified atom stereocenters. The van der Waals surface area contributed by atoms with Crippen LogP contribution in [0.3, 0.4) is 0 Å². The van der Waals surface area contributed by atoms with E-state index >= 15 is 0 Å². The molecule has 4 rings (SSSR count). The molecule has 4 aromatic rings. The SMILES string of the molecule is N#C/C(=C\c1c[nH]nc1-c1ccc(Cl)cc1)c1nc2ccccc2s1. The zero-order valence-electron chi connectivity index (χ0n) is 12.9. The van der Waals surface area contributed by atoms with Crippen molar-refractivity contribution in [2.45, 2.75) is 0 Å². The Balaban J connectivity index is 1.78. The summed E-state index contributed by atoms with van der Waals surface area (Å²) < 4.78 is 1.06. The van der Waals surface area contributed by atoms with Gasteiger partial charge in [0.25, 0.3) is 0 Å². The molecular weight excluding hydrogens is 352 g/mol. The minimum atomic E-state index is 0.512. The molecule has 0 atom stereocenters. The molecule has 2 aromatic heterocycles. The maximum absolute atomic E-state index is 9.60. The van der Waals surface area contributed by atoms with Gasteiger partial charge < -0.3 is 0 Å². The molecule has 2 heterocycles. The second-order valence-electron chi connectivity index (χ2n) is 5.35. The second-order valence-corrected chi connectivity index (χ2v) is 6.82. The average Bonchev–Trinajstić information content (AvgIpc) is 3.26. The highest BCUT2D eigenvalue weighted by Gasteiger charge is 2.12. The summed E-state index contributed by atoms with van der Waals surface area (Å²) in [5.74, 6) is 0. The summed E-state index contributed by atoms with van der Waals surface area (Å²) in [6.45, 7) is 0. The molecule has 4 nitrogen and oxygen atoms in total. The van der Waals surface area contributed by atoms with Gasteiger partial charge in [-0.3, -0.25) is 5.10 Å². The number of H-pyrrole nitrogens is 1. The molecule has 2 aromatic carbocycles. The fourth-order valence-electron chi connectivity index (χ4n) is 2.53. The molecule has 0 aliphatic carbocycles. The standard InChI is InChI=1S/C19H11ClN4S/c20-15-7-5-12(6-8-15)18-14(11-22-24-18)9-13(10-21)19-23-16-3-1-2-4-17(16)25-19/h1-9,11H,(H,22,24)/b13-9+. The van der Waals surface area contributed by atoms with Crippen LogP contribution in [0.2, 0.25) is 5.02 Å². The van der Waals surface area contributed by atoms with Gasteiger partial charge in [-0.2, -0.15) is 10.4 Å². The van der Waals surface area contributed by atoms with Crippen LogP contribution in [-0.2, 0) is 0 Å². The number of rotatable bonds is 3. The normalized spacial score (nSPS) is 11.6. The highest BCUT2D eigenvalue weighted by Crippen LogP contribution is 2.30. The summed E-state index contributed by atoms with van der Waals surface area (Å²) in [5.41, 5.74) is 3.94. The fraction of sp³-hybridized carbons (Fsp3) is 0. The lowest BCUT2D eigenvalue weighted by molar-refractivity contribution is 1.10. The smallest absolute Gasteiger partial charge is 0.135 e. The van der Waals surface area contributed by atoms with E-state index in [4.69, 9.17) is 11.6 Å². The molecule has 0 aliphatic rings. The Bertz CT molecular complexity index is 1080. The Kier molecular flexibility index (Phi) is 4.06. The number of aromatic nitrogens is 3. The van der Waals surface area contributed by atoms with Crippen molar-refractivity contribution in [2.75, 3.05) is 0 Å². The zero-order valence-corrected chi connectivity index (χ0v) is 14.5. The molecule has 0 bridgehead atoms. The van der Waals surface area contributed by atoms with Crippen molar-refractivity contribution in [3.8, 4) is 17.3 Å². The van der Waals surface area contributed by atoms with E-state index in [1.54, 1.807) is 6.20 Å². The van der Waals surface area contributed by atoms with Gasteiger partial charge in [-0.15, -0.1) is 11.3 Å². The molecule has 0 spiro atoms. The Morgan fingerprint density at radius 2 is 1.96 bits per heavy atom. The van der Waals surface area contributed by atoms with Gasteiger partial charge in [0.05, 0.1) is 21.5 Å². The molecule has 25 heavy (non-hydrogen) atoms. The van der Waals surface area contributed by atoms with Crippen molar-refractivity contribution >= 4 is 44.8 Å². The first-order valence-corrected chi connectivity index (χ1v) is 8.71. The van der Waals surface area contributed by atoms with Crippen LogP contribution in [0.5, 0.6) is 0 Å². The van der Waals surface area contributed by atoms with Gasteiger partial charge >= 0.3 is 0 Å². The van der Waals surface area contributed by atoms with Gasteiger partial charge in [-0.05, 0) is 30.3 Å². The monoisotopic (exact) mass is 362 g/mol. The van der Waals surface area contributed by atoms with Gasteiger partial charge in [-0.25, -0.2) is 4.98 Å². The minimum absolute atomic E-state index is 0.512. The van der Waals surface area contributed by atoms with E-state index < -0.39 is 0 Å². The Labute approximate surface area is 153 Å². The molecule has 0 aliphatic heterocycles. The summed E-state index contributed by atoms with van der Waals surface area (Å²) in [4.78, 5) is 4.56. The number of nitriles is 1. The van der Waals surface area contributed by atoms with Gasteiger partial charge in [0.2, 0.25) is 0 Å². The molecular formula is C19H11ClN4S. The third kappa shape index (κ3) is 3.05. The van der Waals surface area contributed by atoms with Crippen LogP contribution in [0, 0.1) is 11.3 Å². The lowest BCUT2D eigenvalue weighted by atomic mass is 10.1. The minimum Gasteiger partial charge on any atom is -0.284 e. The first kappa shape index (κ1) is 15.6. The summed E-state index contributed by atoms with van der Waals surface area (Å²) in [6.07, 6.45) is 3.58. The number of aromatic amines is 1. The van der Waals surface area contributed by atoms with E-state index in [-0.39, 0.29) is 0 Å². The summed E-state index contributed by atoms with van der Waals surface area (Å²) >= 11 is 7.45. The molecule has 120 valence electrons. The van der Waals surface area contributed by atoms with Crippen LogP contribution in [-0.4, -0.2) is 15.2 Å². The largest absolute Gasteiger partial charge is 0.284 e. The lowest BCUT2D eigenvalue weighted by Gasteiger charge is -2.00. The molecule has 0 fully saturated rings. The van der Waals surface area contributed by atoms with E-state index in [1.807, 2.05) is 54.6 Å². The van der Waals surface area contributed by atoms with E-state index in [9.17, 15) is 5.26 Å². The topological polar surface area (TPSA) is 65.4 Å². The Morgan fingerprint density at radius 3 is 2.72 bits per heavy atom. The summed E-state index contributed by atoms with van der Waals surface area (Å²) in [6, 6.07) is 17.5. The summed E-state index contributed by atoms with van der Waals surface area (Å²) in [5, 5.41) is 18.1. The van der Waals surface area contributed by atoms with Crippen LogP contribution in [0.1, 0.15) is 10.6 Å². The quantitative estimate of drug-likeness (QED) is 0.496. The van der Waals surface area contributed by atoms with Gasteiger partial charge in [0.15, 0.2) is 0 Å². The Morgan fingerprint density at radius 1 is 1.16 bits per heavy atom. The Hall–Kier alpha value is -2.94. The number of para-hydroxylation sites is 1. The highest BCUT2D eigenvalue weighted by molar-refractivity contribution is 7.19. The van der Waals surface area contributed by atoms with Crippen molar-refractivity contribution in [2.24, 2.45) is 0 Å². The molecule has 0 saturated carbocycles. The predicted octanol–water partition coefficient (Wildman–Crippen LogP) is 5.40. The van der Waals surface area contributed by atoms with Gasteiger partial charge in [0.1, 0.15) is 11.1 Å². The first-order valence-electron chi connectivity index (χ1n) is 7.52. The lowest BCUT2D eigenvalue weighted by Crippen LogP contribution is -1.83. The van der Waals surface area contributed by atoms with Crippen molar-refractivity contribution in [1.29, 1.82) is 5.26 Å². The van der Waals surface area contributed by atoms with Crippen molar-refractivity contribution in [1.82, 2.24) is 15.2 Å². The van der Waals surface area contributed by atoms with E-state index in [0.717, 1.165) is 27.0 Å². The van der Waals surface area contributed by atoms with Crippen LogP contribution < -0.4 is 0 Å². The first-order chi connectivity index (χ1) is 12.2. The van der Waals surface area contributed by atoms with Crippen molar-refractivity contribution in [3.05, 3.63) is 70.3 Å². The zero-order chi connectivity index (χ0) is 17.2. The van der Waals surface area contributed by atoms with E-state index in [2.05, 4.69) is 21.3 Å². The predicted molar refractivity (Wildman–Crippen MR) is 102 cm³/mol. The number of fused-ring (bicyclic) bond motifs is 1. The molecule has 0 amide bonds. The number of halogens is 1. The number of allylic oxidation sites excluding steroid dienone is 1. The number of hydrogen-bond donors (Lipinski definition) is 1. The van der Waals surface area contributed by atoms with Crippen LogP contribution in [0.4, 0.5) is 0 Å². The second kappa shape index (κ2) is 6.52. The van der Waals surface area contributed by atoms with Crippen LogP contribution >= 0.6 is 22.9 Å². The van der Waals surface area contributed by atoms with Gasteiger partial charge in [-0.1, -0.05) is 35.9 Å². The van der Waals surface area contributed by atoms with Gasteiger partial charge in [0, 0.05) is 22.3 Å². The fourth-order valence-corrected chi connectivity index (χ4v) is 3.59. The number of benzene rings is 2. The summed E-state index contributed by atoms with van der Waals surface area (Å²) in [7, 11) is 0. The van der Waals surface area contributed by atoms with Crippen LogP contribution in [0.15, 0.2) is 54.7 Å². The maximum Gasteiger partial charge on any atom is 0.135 e. The number of thiazole rings is 1. The molecule has 6 heteroatoms. The molecule has 1 N–H and O–H groups in total. The molecule has 0 saturated heterocycles. The van der Waals surface area contributed by atoms with E-state index in [1.165, 1.54) is 11.3 Å².